The molecule has 0 aromatic heterocycles. The zero-order valence-electron chi connectivity index (χ0n) is 14.1. The van der Waals surface area contributed by atoms with Gasteiger partial charge in [-0.1, -0.05) is 50.2 Å². The zero-order chi connectivity index (χ0) is 18.0. The third-order valence-corrected chi connectivity index (χ3v) is 4.37. The fourth-order valence-electron chi connectivity index (χ4n) is 3.27. The Labute approximate surface area is 146 Å². The molecular formula is C20H20N2O3. The Bertz CT molecular complexity index is 842. The van der Waals surface area contributed by atoms with Gasteiger partial charge < -0.3 is 0 Å². The van der Waals surface area contributed by atoms with Crippen molar-refractivity contribution in [3.63, 3.8) is 0 Å². The van der Waals surface area contributed by atoms with Crippen LogP contribution in [0.3, 0.4) is 0 Å². The second-order valence-electron chi connectivity index (χ2n) is 6.32. The van der Waals surface area contributed by atoms with Crippen LogP contribution in [0.25, 0.3) is 6.08 Å². The van der Waals surface area contributed by atoms with Crippen molar-refractivity contribution in [1.29, 1.82) is 0 Å². The number of nitrogens with one attached hydrogen (secondary N) is 1. The molecule has 1 unspecified atom stereocenters. The largest absolute Gasteiger partial charge is 0.288 e. The van der Waals surface area contributed by atoms with Crippen LogP contribution in [0.2, 0.25) is 0 Å². The van der Waals surface area contributed by atoms with Crippen molar-refractivity contribution in [2.75, 3.05) is 4.90 Å². The predicted molar refractivity (Wildman–Crippen MR) is 96.6 cm³/mol. The van der Waals surface area contributed by atoms with Crippen LogP contribution in [-0.4, -0.2) is 17.0 Å². The molecular weight excluding hydrogens is 316 g/mol. The number of carbonyl (C=O) groups excluding carboxylic acids is 2. The number of amides is 2. The molecule has 2 aromatic rings. The summed E-state index contributed by atoms with van der Waals surface area (Å²) in [4.78, 5) is 26.1. The number of para-hydroxylation sites is 2. The van der Waals surface area contributed by atoms with Gasteiger partial charge >= 0.3 is 0 Å². The van der Waals surface area contributed by atoms with E-state index in [0.29, 0.717) is 5.69 Å². The molecule has 5 nitrogen and oxygen atoms in total. The van der Waals surface area contributed by atoms with E-state index in [1.165, 1.54) is 6.08 Å². The molecule has 5 heteroatoms. The maximum atomic E-state index is 13.1. The van der Waals surface area contributed by atoms with Gasteiger partial charge in [0.1, 0.15) is 0 Å². The number of anilines is 2. The summed E-state index contributed by atoms with van der Waals surface area (Å²) in [6, 6.07) is 15.2. The Morgan fingerprint density at radius 1 is 1.12 bits per heavy atom. The standard InChI is InChI=1S/C20H20N2O3/c1-13(2)19-15-8-4-6-10-17(15)22(20(19)24)16-9-5-3-7-14(16)11-12-18(23)21-25/h3-13,19,25H,1-2H3,(H,21,23)/b12-11+. The van der Waals surface area contributed by atoms with Crippen LogP contribution in [-0.2, 0) is 9.59 Å². The van der Waals surface area contributed by atoms with Crippen molar-refractivity contribution in [3.05, 3.63) is 65.7 Å². The Balaban J connectivity index is 2.10. The first kappa shape index (κ1) is 16.9. The number of carbonyl (C=O) groups is 2. The number of benzene rings is 2. The van der Waals surface area contributed by atoms with Gasteiger partial charge in [0.15, 0.2) is 0 Å². The number of hydrogen-bond acceptors (Lipinski definition) is 3. The summed E-state index contributed by atoms with van der Waals surface area (Å²) in [6.07, 6.45) is 2.81. The van der Waals surface area contributed by atoms with Crippen LogP contribution in [0.5, 0.6) is 0 Å². The molecule has 0 spiro atoms. The summed E-state index contributed by atoms with van der Waals surface area (Å²) in [5.74, 6) is -0.595. The Morgan fingerprint density at radius 2 is 1.76 bits per heavy atom. The fourth-order valence-corrected chi connectivity index (χ4v) is 3.27. The Hall–Kier alpha value is -2.92. The lowest BCUT2D eigenvalue weighted by Gasteiger charge is -2.21. The topological polar surface area (TPSA) is 69.6 Å². The van der Waals surface area contributed by atoms with E-state index in [4.69, 9.17) is 5.21 Å². The molecule has 2 N–H and O–H groups in total. The first-order valence-corrected chi connectivity index (χ1v) is 8.18. The van der Waals surface area contributed by atoms with Crippen molar-refractivity contribution < 1.29 is 14.8 Å². The lowest BCUT2D eigenvalue weighted by molar-refractivity contribution is -0.124. The smallest absolute Gasteiger partial charge is 0.267 e. The minimum atomic E-state index is -0.622. The van der Waals surface area contributed by atoms with Gasteiger partial charge in [-0.15, -0.1) is 0 Å². The second-order valence-corrected chi connectivity index (χ2v) is 6.32. The molecule has 1 aliphatic rings. The van der Waals surface area contributed by atoms with Gasteiger partial charge in [0.05, 0.1) is 17.3 Å². The van der Waals surface area contributed by atoms with Gasteiger partial charge in [-0.2, -0.15) is 0 Å². The third-order valence-electron chi connectivity index (χ3n) is 4.37. The Morgan fingerprint density at radius 3 is 2.44 bits per heavy atom. The molecule has 1 atom stereocenters. The van der Waals surface area contributed by atoms with E-state index in [1.807, 2.05) is 62.4 Å². The summed E-state index contributed by atoms with van der Waals surface area (Å²) < 4.78 is 0. The van der Waals surface area contributed by atoms with E-state index in [-0.39, 0.29) is 17.7 Å². The molecule has 0 saturated heterocycles. The highest BCUT2D eigenvalue weighted by molar-refractivity contribution is 6.11. The van der Waals surface area contributed by atoms with E-state index in [2.05, 4.69) is 0 Å². The molecule has 2 aromatic carbocycles. The van der Waals surface area contributed by atoms with Gasteiger partial charge in [0, 0.05) is 6.08 Å². The quantitative estimate of drug-likeness (QED) is 0.509. The van der Waals surface area contributed by atoms with E-state index in [9.17, 15) is 9.59 Å². The van der Waals surface area contributed by atoms with E-state index in [1.54, 1.807) is 16.5 Å². The molecule has 0 radical (unpaired) electrons. The number of rotatable bonds is 4. The molecule has 0 bridgehead atoms. The first-order valence-electron chi connectivity index (χ1n) is 8.18. The number of nitrogens with zero attached hydrogens (tertiary/aromatic N) is 1. The number of fused-ring (bicyclic) bond motifs is 1. The average molecular weight is 336 g/mol. The van der Waals surface area contributed by atoms with Crippen LogP contribution in [0.15, 0.2) is 54.6 Å². The van der Waals surface area contributed by atoms with Gasteiger partial charge in [-0.05, 0) is 35.3 Å². The molecule has 0 saturated carbocycles. The first-order chi connectivity index (χ1) is 12.0. The van der Waals surface area contributed by atoms with Gasteiger partial charge in [-0.3, -0.25) is 19.7 Å². The van der Waals surface area contributed by atoms with Gasteiger partial charge in [0.2, 0.25) is 5.91 Å². The van der Waals surface area contributed by atoms with E-state index in [0.717, 1.165) is 16.8 Å². The Kier molecular flexibility index (Phi) is 4.67. The van der Waals surface area contributed by atoms with Crippen molar-refractivity contribution >= 4 is 29.3 Å². The predicted octanol–water partition coefficient (Wildman–Crippen LogP) is 3.62. The summed E-state index contributed by atoms with van der Waals surface area (Å²) >= 11 is 0. The van der Waals surface area contributed by atoms with Crippen LogP contribution >= 0.6 is 0 Å². The number of hydrogen-bond donors (Lipinski definition) is 2. The lowest BCUT2D eigenvalue weighted by Crippen LogP contribution is -2.26. The monoisotopic (exact) mass is 336 g/mol. The highest BCUT2D eigenvalue weighted by Crippen LogP contribution is 2.45. The molecule has 2 amide bonds. The van der Waals surface area contributed by atoms with Crippen molar-refractivity contribution in [2.45, 2.75) is 19.8 Å². The summed E-state index contributed by atoms with van der Waals surface area (Å²) in [7, 11) is 0. The van der Waals surface area contributed by atoms with Crippen LogP contribution < -0.4 is 10.4 Å². The third kappa shape index (κ3) is 3.06. The summed E-state index contributed by atoms with van der Waals surface area (Å²) in [6.45, 7) is 4.08. The SMILES string of the molecule is CC(C)C1C(=O)N(c2ccccc2/C=C/C(=O)NO)c2ccccc21. The minimum absolute atomic E-state index is 0.0312. The molecule has 1 aliphatic heterocycles. The lowest BCUT2D eigenvalue weighted by atomic mass is 9.90. The molecule has 1 heterocycles. The van der Waals surface area contributed by atoms with Crippen molar-refractivity contribution in [3.8, 4) is 0 Å². The van der Waals surface area contributed by atoms with Crippen LogP contribution in [0.4, 0.5) is 11.4 Å². The van der Waals surface area contributed by atoms with Crippen molar-refractivity contribution in [2.24, 2.45) is 5.92 Å². The second kappa shape index (κ2) is 6.91. The molecule has 0 fully saturated rings. The van der Waals surface area contributed by atoms with Crippen molar-refractivity contribution in [1.82, 2.24) is 5.48 Å². The van der Waals surface area contributed by atoms with Gasteiger partial charge in [0.25, 0.3) is 5.91 Å². The molecule has 128 valence electrons. The van der Waals surface area contributed by atoms with E-state index < -0.39 is 5.91 Å². The summed E-state index contributed by atoms with van der Waals surface area (Å²) in [5.41, 5.74) is 4.89. The van der Waals surface area contributed by atoms with Crippen LogP contribution in [0.1, 0.15) is 30.9 Å². The number of hydroxylamine groups is 1. The van der Waals surface area contributed by atoms with Gasteiger partial charge in [-0.25, -0.2) is 5.48 Å². The average Bonchev–Trinajstić information content (AvgIpc) is 2.91. The maximum Gasteiger partial charge on any atom is 0.267 e. The molecule has 0 aliphatic carbocycles. The summed E-state index contributed by atoms with van der Waals surface area (Å²) in [5, 5.41) is 8.65. The fraction of sp³-hybridized carbons (Fsp3) is 0.200. The van der Waals surface area contributed by atoms with Crippen LogP contribution in [0, 0.1) is 5.92 Å². The zero-order valence-corrected chi connectivity index (χ0v) is 14.1. The molecule has 3 rings (SSSR count). The highest BCUT2D eigenvalue weighted by atomic mass is 16.5. The molecule has 25 heavy (non-hydrogen) atoms. The van der Waals surface area contributed by atoms with E-state index >= 15 is 0 Å². The highest BCUT2D eigenvalue weighted by Gasteiger charge is 2.39. The maximum absolute atomic E-state index is 13.1. The normalized spacial score (nSPS) is 16.6. The minimum Gasteiger partial charge on any atom is -0.288 e.